The number of carbonyl (C=O) groups is 1. The number of rotatable bonds is 4. The van der Waals surface area contributed by atoms with Gasteiger partial charge in [-0.05, 0) is 12.3 Å². The van der Waals surface area contributed by atoms with Crippen LogP contribution in [0.2, 0.25) is 0 Å². The third-order valence-electron chi connectivity index (χ3n) is 3.79. The van der Waals surface area contributed by atoms with Crippen molar-refractivity contribution in [2.45, 2.75) is 13.3 Å². The minimum atomic E-state index is -0.925. The fourth-order valence-electron chi connectivity index (χ4n) is 2.81. The Morgan fingerprint density at radius 3 is 2.73 bits per heavy atom. The van der Waals surface area contributed by atoms with Gasteiger partial charge in [-0.3, -0.25) is 14.9 Å². The van der Waals surface area contributed by atoms with Crippen molar-refractivity contribution in [1.82, 2.24) is 0 Å². The largest absolute Gasteiger partial charge is 0.490 e. The number of hydrogen-bond acceptors (Lipinski definition) is 5. The van der Waals surface area contributed by atoms with Gasteiger partial charge < -0.3 is 14.7 Å². The molecule has 7 nitrogen and oxygen atoms in total. The van der Waals surface area contributed by atoms with Crippen LogP contribution in [-0.2, 0) is 4.79 Å². The van der Waals surface area contributed by atoms with Gasteiger partial charge >= 0.3 is 11.7 Å². The van der Waals surface area contributed by atoms with Gasteiger partial charge in [-0.1, -0.05) is 6.92 Å². The molecule has 1 aromatic carbocycles. The molecule has 2 unspecified atom stereocenters. The van der Waals surface area contributed by atoms with E-state index in [1.54, 1.807) is 4.90 Å². The number of hydrogen-bond donors (Lipinski definition) is 1. The molecule has 0 saturated carbocycles. The molecular weight excluding hydrogens is 295 g/mol. The van der Waals surface area contributed by atoms with Crippen molar-refractivity contribution in [2.75, 3.05) is 25.1 Å². The highest BCUT2D eigenvalue weighted by molar-refractivity contribution is 5.72. The lowest BCUT2D eigenvalue weighted by molar-refractivity contribution is -0.385. The highest BCUT2D eigenvalue weighted by atomic mass is 19.1. The van der Waals surface area contributed by atoms with Gasteiger partial charge in [0.2, 0.25) is 0 Å². The van der Waals surface area contributed by atoms with E-state index in [9.17, 15) is 24.4 Å². The Kier molecular flexibility index (Phi) is 4.48. The van der Waals surface area contributed by atoms with E-state index in [0.29, 0.717) is 13.0 Å². The van der Waals surface area contributed by atoms with E-state index >= 15 is 0 Å². The van der Waals surface area contributed by atoms with Crippen LogP contribution in [0.1, 0.15) is 13.3 Å². The molecule has 0 aliphatic carbocycles. The Morgan fingerprint density at radius 1 is 1.50 bits per heavy atom. The van der Waals surface area contributed by atoms with E-state index in [4.69, 9.17) is 4.74 Å². The first-order valence-corrected chi connectivity index (χ1v) is 6.83. The maximum absolute atomic E-state index is 14.2. The number of methoxy groups -OCH3 is 1. The number of ether oxygens (including phenoxy) is 1. The van der Waals surface area contributed by atoms with E-state index in [1.807, 2.05) is 6.92 Å². The molecule has 8 heteroatoms. The number of anilines is 1. The Hall–Kier alpha value is -2.38. The second kappa shape index (κ2) is 6.17. The number of piperidine rings is 1. The lowest BCUT2D eigenvalue weighted by Crippen LogP contribution is -2.42. The number of nitro groups is 1. The molecule has 2 atom stereocenters. The second-order valence-corrected chi connectivity index (χ2v) is 5.51. The Bertz CT molecular complexity index is 607. The standard InChI is InChI=1S/C14H17FN2O5/c1-8-3-9(14(18)19)7-16(6-8)11-5-13(22-2)12(17(20)21)4-10(11)15/h4-5,8-9H,3,6-7H2,1-2H3,(H,18,19). The summed E-state index contributed by atoms with van der Waals surface area (Å²) in [6, 6.07) is 2.06. The van der Waals surface area contributed by atoms with Gasteiger partial charge in [0.25, 0.3) is 0 Å². The molecule has 1 aromatic rings. The van der Waals surface area contributed by atoms with E-state index in [1.165, 1.54) is 13.2 Å². The molecule has 22 heavy (non-hydrogen) atoms. The normalized spacial score (nSPS) is 21.5. The van der Waals surface area contributed by atoms with E-state index in [-0.39, 0.29) is 23.9 Å². The smallest absolute Gasteiger partial charge is 0.313 e. The van der Waals surface area contributed by atoms with Gasteiger partial charge in [0, 0.05) is 19.2 Å². The lowest BCUT2D eigenvalue weighted by Gasteiger charge is -2.36. The fraction of sp³-hybridized carbons (Fsp3) is 0.500. The van der Waals surface area contributed by atoms with Crippen molar-refractivity contribution < 1.29 is 24.0 Å². The summed E-state index contributed by atoms with van der Waals surface area (Å²) >= 11 is 0. The molecule has 1 fully saturated rings. The molecule has 0 spiro atoms. The zero-order valence-corrected chi connectivity index (χ0v) is 12.3. The molecule has 120 valence electrons. The van der Waals surface area contributed by atoms with Crippen LogP contribution in [0, 0.1) is 27.8 Å². The molecule has 0 aromatic heterocycles. The zero-order chi connectivity index (χ0) is 16.4. The zero-order valence-electron chi connectivity index (χ0n) is 12.3. The van der Waals surface area contributed by atoms with E-state index in [0.717, 1.165) is 6.07 Å². The van der Waals surface area contributed by atoms with Gasteiger partial charge in [-0.2, -0.15) is 0 Å². The van der Waals surface area contributed by atoms with Crippen molar-refractivity contribution in [3.05, 3.63) is 28.1 Å². The number of carboxylic acid groups (broad SMARTS) is 1. The van der Waals surface area contributed by atoms with Crippen LogP contribution in [0.25, 0.3) is 0 Å². The minimum absolute atomic E-state index is 0.0495. The third-order valence-corrected chi connectivity index (χ3v) is 3.79. The average molecular weight is 312 g/mol. The van der Waals surface area contributed by atoms with Crippen LogP contribution < -0.4 is 9.64 Å². The summed E-state index contributed by atoms with van der Waals surface area (Å²) in [5.74, 6) is -2.25. The third kappa shape index (κ3) is 3.10. The first-order valence-electron chi connectivity index (χ1n) is 6.83. The highest BCUT2D eigenvalue weighted by Crippen LogP contribution is 2.36. The van der Waals surface area contributed by atoms with Crippen LogP contribution in [0.5, 0.6) is 5.75 Å². The van der Waals surface area contributed by atoms with Crippen LogP contribution in [0.4, 0.5) is 15.8 Å². The molecule has 1 aliphatic heterocycles. The highest BCUT2D eigenvalue weighted by Gasteiger charge is 2.32. The summed E-state index contributed by atoms with van der Waals surface area (Å²) in [4.78, 5) is 23.0. The molecule has 1 saturated heterocycles. The average Bonchev–Trinajstić information content (AvgIpc) is 2.46. The Morgan fingerprint density at radius 2 is 2.18 bits per heavy atom. The molecule has 0 bridgehead atoms. The summed E-state index contributed by atoms with van der Waals surface area (Å²) < 4.78 is 19.2. The molecule has 2 rings (SSSR count). The topological polar surface area (TPSA) is 92.9 Å². The monoisotopic (exact) mass is 312 g/mol. The maximum atomic E-state index is 14.2. The van der Waals surface area contributed by atoms with Crippen LogP contribution in [0.3, 0.4) is 0 Å². The SMILES string of the molecule is COc1cc(N2CC(C)CC(C(=O)O)C2)c(F)cc1[N+](=O)[O-]. The first-order chi connectivity index (χ1) is 10.3. The number of carboxylic acids is 1. The predicted molar refractivity (Wildman–Crippen MR) is 76.7 cm³/mol. The number of aliphatic carboxylic acids is 1. The summed E-state index contributed by atoms with van der Waals surface area (Å²) in [7, 11) is 1.27. The number of nitrogens with zero attached hydrogens (tertiary/aromatic N) is 2. The fourth-order valence-corrected chi connectivity index (χ4v) is 2.81. The van der Waals surface area contributed by atoms with Crippen molar-refractivity contribution in [3.8, 4) is 5.75 Å². The van der Waals surface area contributed by atoms with E-state index in [2.05, 4.69) is 0 Å². The van der Waals surface area contributed by atoms with Gasteiger partial charge in [0.05, 0.1) is 29.7 Å². The summed E-state index contributed by atoms with van der Waals surface area (Å²) in [5, 5.41) is 20.1. The Balaban J connectivity index is 2.39. The van der Waals surface area contributed by atoms with Crippen LogP contribution >= 0.6 is 0 Å². The predicted octanol–water partition coefficient (Wildman–Crippen LogP) is 2.29. The molecular formula is C14H17FN2O5. The number of nitro benzene ring substituents is 1. The van der Waals surface area contributed by atoms with Crippen LogP contribution in [-0.4, -0.2) is 36.2 Å². The van der Waals surface area contributed by atoms with Crippen molar-refractivity contribution >= 4 is 17.3 Å². The number of benzene rings is 1. The minimum Gasteiger partial charge on any atom is -0.490 e. The summed E-state index contributed by atoms with van der Waals surface area (Å²) in [6.45, 7) is 2.54. The van der Waals surface area contributed by atoms with Gasteiger partial charge in [-0.15, -0.1) is 0 Å². The van der Waals surface area contributed by atoms with E-state index < -0.39 is 28.3 Å². The summed E-state index contributed by atoms with van der Waals surface area (Å²) in [5.41, 5.74) is -0.330. The molecule has 1 heterocycles. The molecule has 1 N–H and O–H groups in total. The quantitative estimate of drug-likeness (QED) is 0.677. The first kappa shape index (κ1) is 16.0. The van der Waals surface area contributed by atoms with Crippen LogP contribution in [0.15, 0.2) is 12.1 Å². The van der Waals surface area contributed by atoms with Gasteiger partial charge in [0.15, 0.2) is 11.6 Å². The lowest BCUT2D eigenvalue weighted by atomic mass is 9.90. The van der Waals surface area contributed by atoms with Gasteiger partial charge in [0.1, 0.15) is 0 Å². The molecule has 0 radical (unpaired) electrons. The number of halogens is 1. The van der Waals surface area contributed by atoms with Crippen molar-refractivity contribution in [3.63, 3.8) is 0 Å². The van der Waals surface area contributed by atoms with Crippen molar-refractivity contribution in [2.24, 2.45) is 11.8 Å². The summed E-state index contributed by atoms with van der Waals surface area (Å²) in [6.07, 6.45) is 0.525. The van der Waals surface area contributed by atoms with Gasteiger partial charge in [-0.25, -0.2) is 4.39 Å². The molecule has 0 amide bonds. The molecule has 1 aliphatic rings. The Labute approximate surface area is 126 Å². The second-order valence-electron chi connectivity index (χ2n) is 5.51. The maximum Gasteiger partial charge on any atom is 0.313 e. The van der Waals surface area contributed by atoms with Crippen molar-refractivity contribution in [1.29, 1.82) is 0 Å².